The van der Waals surface area contributed by atoms with Crippen molar-refractivity contribution in [1.82, 2.24) is 5.32 Å². The van der Waals surface area contributed by atoms with Crippen LogP contribution in [0.5, 0.6) is 0 Å². The molecule has 1 amide bonds. The Bertz CT molecular complexity index is 790. The molecule has 128 valence electrons. The van der Waals surface area contributed by atoms with Gasteiger partial charge in [-0.05, 0) is 36.8 Å². The molecule has 2 aromatic carbocycles. The van der Waals surface area contributed by atoms with Gasteiger partial charge in [-0.3, -0.25) is 4.79 Å². The zero-order valence-electron chi connectivity index (χ0n) is 13.6. The molecule has 6 nitrogen and oxygen atoms in total. The molecule has 2 aromatic rings. The average molecular weight is 347 g/mol. The fourth-order valence-corrected chi connectivity index (χ4v) is 2.82. The molecule has 3 N–H and O–H groups in total. The number of carbonyl (C=O) groups is 1. The van der Waals surface area contributed by atoms with Crippen LogP contribution in [0.25, 0.3) is 0 Å². The lowest BCUT2D eigenvalue weighted by molar-refractivity contribution is -0.120. The largest absolute Gasteiger partial charge is 0.365 e. The molecule has 0 fully saturated rings. The van der Waals surface area contributed by atoms with E-state index in [1.807, 2.05) is 49.2 Å². The normalized spacial score (nSPS) is 12.5. The quantitative estimate of drug-likeness (QED) is 0.831. The summed E-state index contributed by atoms with van der Waals surface area (Å²) in [6, 6.07) is 15.5. The highest BCUT2D eigenvalue weighted by molar-refractivity contribution is 7.89. The highest BCUT2D eigenvalue weighted by atomic mass is 32.2. The molecule has 0 aliphatic heterocycles. The van der Waals surface area contributed by atoms with Crippen molar-refractivity contribution < 1.29 is 13.2 Å². The maximum atomic E-state index is 12.2. The number of amides is 1. The van der Waals surface area contributed by atoms with E-state index in [4.69, 9.17) is 5.14 Å². The van der Waals surface area contributed by atoms with Gasteiger partial charge < -0.3 is 10.2 Å². The minimum Gasteiger partial charge on any atom is -0.365 e. The van der Waals surface area contributed by atoms with Crippen LogP contribution in [0.4, 0.5) is 5.69 Å². The Hall–Kier alpha value is -2.38. The van der Waals surface area contributed by atoms with Gasteiger partial charge >= 0.3 is 0 Å². The van der Waals surface area contributed by atoms with Gasteiger partial charge in [0.15, 0.2) is 0 Å². The second-order valence-corrected chi connectivity index (χ2v) is 7.16. The van der Waals surface area contributed by atoms with Crippen LogP contribution in [-0.2, 0) is 14.8 Å². The Morgan fingerprint density at radius 1 is 1.12 bits per heavy atom. The molecular formula is C17H21N3O3S. The number of primary sulfonamides is 1. The predicted octanol–water partition coefficient (Wildman–Crippen LogP) is 1.65. The van der Waals surface area contributed by atoms with Gasteiger partial charge in [0.1, 0.15) is 0 Å². The van der Waals surface area contributed by atoms with Crippen LogP contribution in [-0.4, -0.2) is 27.9 Å². The Morgan fingerprint density at radius 2 is 1.71 bits per heavy atom. The molecule has 0 saturated heterocycles. The molecule has 2 rings (SSSR count). The minimum atomic E-state index is -3.71. The third kappa shape index (κ3) is 4.81. The lowest BCUT2D eigenvalue weighted by atomic mass is 10.1. The molecule has 1 unspecified atom stereocenters. The van der Waals surface area contributed by atoms with E-state index in [1.165, 1.54) is 12.1 Å². The summed E-state index contributed by atoms with van der Waals surface area (Å²) < 4.78 is 22.5. The molecule has 7 heteroatoms. The van der Waals surface area contributed by atoms with Gasteiger partial charge in [-0.15, -0.1) is 0 Å². The second kappa shape index (κ2) is 7.46. The van der Waals surface area contributed by atoms with E-state index in [1.54, 1.807) is 12.1 Å². The SMILES string of the molecule is CC(NC(=O)CN(C)c1ccccc1)c1ccc(S(N)(=O)=O)cc1. The van der Waals surface area contributed by atoms with Gasteiger partial charge in [-0.1, -0.05) is 30.3 Å². The first-order chi connectivity index (χ1) is 11.3. The van der Waals surface area contributed by atoms with E-state index >= 15 is 0 Å². The Labute approximate surface area is 142 Å². The van der Waals surface area contributed by atoms with Crippen molar-refractivity contribution in [2.24, 2.45) is 5.14 Å². The molecule has 0 spiro atoms. The van der Waals surface area contributed by atoms with Crippen molar-refractivity contribution in [3.8, 4) is 0 Å². The van der Waals surface area contributed by atoms with E-state index in [0.717, 1.165) is 11.3 Å². The predicted molar refractivity (Wildman–Crippen MR) is 94.1 cm³/mol. The fraction of sp³-hybridized carbons (Fsp3) is 0.235. The van der Waals surface area contributed by atoms with Crippen molar-refractivity contribution in [2.75, 3.05) is 18.5 Å². The third-order valence-corrected chi connectivity index (χ3v) is 4.59. The first-order valence-electron chi connectivity index (χ1n) is 7.45. The molecule has 0 heterocycles. The molecule has 0 aliphatic carbocycles. The number of sulfonamides is 1. The molecule has 24 heavy (non-hydrogen) atoms. The standard InChI is InChI=1S/C17H21N3O3S/c1-13(14-8-10-16(11-9-14)24(18,22)23)19-17(21)12-20(2)15-6-4-3-5-7-15/h3-11,13H,12H2,1-2H3,(H,19,21)(H2,18,22,23). The molecule has 0 aliphatic rings. The summed E-state index contributed by atoms with van der Waals surface area (Å²) in [7, 11) is -1.86. The molecule has 1 atom stereocenters. The van der Waals surface area contributed by atoms with Gasteiger partial charge in [-0.2, -0.15) is 0 Å². The number of carbonyl (C=O) groups excluding carboxylic acids is 1. The molecule has 0 saturated carbocycles. The Balaban J connectivity index is 1.96. The first-order valence-corrected chi connectivity index (χ1v) is 9.00. The monoisotopic (exact) mass is 347 g/mol. The lowest BCUT2D eigenvalue weighted by Gasteiger charge is -2.21. The van der Waals surface area contributed by atoms with Gasteiger partial charge in [0, 0.05) is 12.7 Å². The zero-order chi connectivity index (χ0) is 17.7. The van der Waals surface area contributed by atoms with Crippen molar-refractivity contribution in [3.05, 3.63) is 60.2 Å². The average Bonchev–Trinajstić information content (AvgIpc) is 2.54. The summed E-state index contributed by atoms with van der Waals surface area (Å²) in [5.41, 5.74) is 1.76. The Kier molecular flexibility index (Phi) is 5.58. The van der Waals surface area contributed by atoms with E-state index < -0.39 is 10.0 Å². The maximum Gasteiger partial charge on any atom is 0.239 e. The van der Waals surface area contributed by atoms with Crippen LogP contribution in [0.2, 0.25) is 0 Å². The van der Waals surface area contributed by atoms with Crippen LogP contribution in [0.1, 0.15) is 18.5 Å². The van der Waals surface area contributed by atoms with Crippen LogP contribution >= 0.6 is 0 Å². The number of nitrogens with zero attached hydrogens (tertiary/aromatic N) is 1. The highest BCUT2D eigenvalue weighted by Gasteiger charge is 2.13. The van der Waals surface area contributed by atoms with Crippen LogP contribution < -0.4 is 15.4 Å². The number of nitrogens with one attached hydrogen (secondary N) is 1. The van der Waals surface area contributed by atoms with Crippen LogP contribution in [0, 0.1) is 0 Å². The lowest BCUT2D eigenvalue weighted by Crippen LogP contribution is -2.36. The Morgan fingerprint density at radius 3 is 2.25 bits per heavy atom. The van der Waals surface area contributed by atoms with Crippen molar-refractivity contribution in [1.29, 1.82) is 0 Å². The smallest absolute Gasteiger partial charge is 0.239 e. The number of likely N-dealkylation sites (N-methyl/N-ethyl adjacent to an activating group) is 1. The number of nitrogens with two attached hydrogens (primary N) is 1. The van der Waals surface area contributed by atoms with Gasteiger partial charge in [-0.25, -0.2) is 13.6 Å². The zero-order valence-corrected chi connectivity index (χ0v) is 14.5. The highest BCUT2D eigenvalue weighted by Crippen LogP contribution is 2.16. The van der Waals surface area contributed by atoms with E-state index in [9.17, 15) is 13.2 Å². The number of benzene rings is 2. The summed E-state index contributed by atoms with van der Waals surface area (Å²) in [6.45, 7) is 2.07. The number of hydrogen-bond acceptors (Lipinski definition) is 4. The van der Waals surface area contributed by atoms with Crippen molar-refractivity contribution in [2.45, 2.75) is 17.9 Å². The summed E-state index contributed by atoms with van der Waals surface area (Å²) in [5, 5.41) is 7.96. The number of hydrogen-bond donors (Lipinski definition) is 2. The summed E-state index contributed by atoms with van der Waals surface area (Å²) in [5.74, 6) is -0.121. The second-order valence-electron chi connectivity index (χ2n) is 5.59. The summed E-state index contributed by atoms with van der Waals surface area (Å²) in [4.78, 5) is 14.1. The van der Waals surface area contributed by atoms with E-state index in [2.05, 4.69) is 5.32 Å². The topological polar surface area (TPSA) is 92.5 Å². The van der Waals surface area contributed by atoms with Crippen molar-refractivity contribution in [3.63, 3.8) is 0 Å². The minimum absolute atomic E-state index is 0.0496. The van der Waals surface area contributed by atoms with Gasteiger partial charge in [0.05, 0.1) is 17.5 Å². The van der Waals surface area contributed by atoms with E-state index in [0.29, 0.717) is 0 Å². The number of rotatable bonds is 6. The first kappa shape index (κ1) is 18.0. The maximum absolute atomic E-state index is 12.2. The molecular weight excluding hydrogens is 326 g/mol. The van der Waals surface area contributed by atoms with E-state index in [-0.39, 0.29) is 23.4 Å². The van der Waals surface area contributed by atoms with Crippen LogP contribution in [0.15, 0.2) is 59.5 Å². The molecule has 0 radical (unpaired) electrons. The summed E-state index contributed by atoms with van der Waals surface area (Å²) in [6.07, 6.45) is 0. The van der Waals surface area contributed by atoms with Gasteiger partial charge in [0.2, 0.25) is 15.9 Å². The fourth-order valence-electron chi connectivity index (χ4n) is 2.31. The van der Waals surface area contributed by atoms with Crippen molar-refractivity contribution >= 4 is 21.6 Å². The number of anilines is 1. The third-order valence-electron chi connectivity index (χ3n) is 3.66. The molecule has 0 bridgehead atoms. The number of para-hydroxylation sites is 1. The summed E-state index contributed by atoms with van der Waals surface area (Å²) >= 11 is 0. The molecule has 0 aromatic heterocycles. The van der Waals surface area contributed by atoms with Gasteiger partial charge in [0.25, 0.3) is 0 Å². The van der Waals surface area contributed by atoms with Crippen LogP contribution in [0.3, 0.4) is 0 Å².